The van der Waals surface area contributed by atoms with Crippen LogP contribution in [0.15, 0.2) is 6.20 Å². The molecule has 0 aliphatic heterocycles. The highest BCUT2D eigenvalue weighted by Gasteiger charge is 2.18. The lowest BCUT2D eigenvalue weighted by molar-refractivity contribution is 0.436. The summed E-state index contributed by atoms with van der Waals surface area (Å²) in [6.45, 7) is 4.24. The van der Waals surface area contributed by atoms with Crippen molar-refractivity contribution >= 4 is 0 Å². The van der Waals surface area contributed by atoms with Gasteiger partial charge in [-0.2, -0.15) is 0 Å². The van der Waals surface area contributed by atoms with Gasteiger partial charge in [-0.1, -0.05) is 13.3 Å². The Morgan fingerprint density at radius 2 is 2.38 bits per heavy atom. The number of aromatic nitrogens is 2. The number of rotatable bonds is 1. The first-order valence-corrected chi connectivity index (χ1v) is 5.11. The summed E-state index contributed by atoms with van der Waals surface area (Å²) in [5, 5.41) is 0. The van der Waals surface area contributed by atoms with Crippen LogP contribution in [-0.2, 0) is 12.8 Å². The molecule has 1 aromatic heterocycles. The van der Waals surface area contributed by atoms with Crippen molar-refractivity contribution in [2.24, 2.45) is 5.92 Å². The molecule has 0 saturated heterocycles. The molecule has 0 unspecified atom stereocenters. The Balaban J connectivity index is 2.27. The van der Waals surface area contributed by atoms with Crippen molar-refractivity contribution in [3.63, 3.8) is 0 Å². The first-order chi connectivity index (χ1) is 6.29. The van der Waals surface area contributed by atoms with Gasteiger partial charge in [-0.15, -0.1) is 0 Å². The SMILES string of the molecule is CC[C@H]1CCc2cnc(C)nc2C1. The van der Waals surface area contributed by atoms with E-state index < -0.39 is 0 Å². The highest BCUT2D eigenvalue weighted by atomic mass is 14.9. The summed E-state index contributed by atoms with van der Waals surface area (Å²) in [4.78, 5) is 8.73. The molecule has 0 radical (unpaired) electrons. The maximum absolute atomic E-state index is 4.50. The number of fused-ring (bicyclic) bond motifs is 1. The van der Waals surface area contributed by atoms with Gasteiger partial charge >= 0.3 is 0 Å². The Morgan fingerprint density at radius 1 is 1.54 bits per heavy atom. The monoisotopic (exact) mass is 176 g/mol. The zero-order chi connectivity index (χ0) is 9.26. The molecule has 13 heavy (non-hydrogen) atoms. The number of aryl methyl sites for hydroxylation is 2. The molecule has 0 bridgehead atoms. The lowest BCUT2D eigenvalue weighted by Crippen LogP contribution is -2.16. The van der Waals surface area contributed by atoms with Crippen molar-refractivity contribution in [2.75, 3.05) is 0 Å². The van der Waals surface area contributed by atoms with Crippen molar-refractivity contribution < 1.29 is 0 Å². The van der Waals surface area contributed by atoms with Gasteiger partial charge in [0.15, 0.2) is 0 Å². The van der Waals surface area contributed by atoms with Crippen LogP contribution in [0.2, 0.25) is 0 Å². The van der Waals surface area contributed by atoms with Crippen molar-refractivity contribution in [1.29, 1.82) is 0 Å². The second kappa shape index (κ2) is 3.44. The Bertz CT molecular complexity index is 307. The molecule has 0 fully saturated rings. The summed E-state index contributed by atoms with van der Waals surface area (Å²) in [6.07, 6.45) is 6.94. The molecule has 70 valence electrons. The molecule has 0 saturated carbocycles. The Hall–Kier alpha value is -0.920. The minimum atomic E-state index is 0.849. The molecule has 0 amide bonds. The summed E-state index contributed by atoms with van der Waals surface area (Å²) in [7, 11) is 0. The van der Waals surface area contributed by atoms with Crippen molar-refractivity contribution in [1.82, 2.24) is 9.97 Å². The third-order valence-electron chi connectivity index (χ3n) is 2.96. The van der Waals surface area contributed by atoms with Crippen molar-refractivity contribution in [3.05, 3.63) is 23.3 Å². The minimum Gasteiger partial charge on any atom is -0.241 e. The fraction of sp³-hybridized carbons (Fsp3) is 0.636. The Labute approximate surface area is 79.4 Å². The first-order valence-electron chi connectivity index (χ1n) is 5.11. The Morgan fingerprint density at radius 3 is 3.15 bits per heavy atom. The van der Waals surface area contributed by atoms with Gasteiger partial charge in [0.25, 0.3) is 0 Å². The van der Waals surface area contributed by atoms with E-state index in [9.17, 15) is 0 Å². The van der Waals surface area contributed by atoms with Gasteiger partial charge in [-0.05, 0) is 37.7 Å². The molecule has 1 atom stereocenters. The Kier molecular flexibility index (Phi) is 2.30. The molecule has 2 nitrogen and oxygen atoms in total. The van der Waals surface area contributed by atoms with Crippen LogP contribution >= 0.6 is 0 Å². The molecule has 2 rings (SSSR count). The van der Waals surface area contributed by atoms with E-state index in [2.05, 4.69) is 16.9 Å². The average molecular weight is 176 g/mol. The standard InChI is InChI=1S/C11H16N2/c1-3-9-4-5-10-7-12-8(2)13-11(10)6-9/h7,9H,3-6H2,1-2H3/t9-/m0/s1. The lowest BCUT2D eigenvalue weighted by Gasteiger charge is -2.22. The topological polar surface area (TPSA) is 25.8 Å². The normalized spacial score (nSPS) is 21.2. The first kappa shape index (κ1) is 8.67. The highest BCUT2D eigenvalue weighted by molar-refractivity contribution is 5.20. The molecule has 1 aliphatic rings. The summed E-state index contributed by atoms with van der Waals surface area (Å²) in [5.74, 6) is 1.76. The van der Waals surface area contributed by atoms with E-state index in [-0.39, 0.29) is 0 Å². The van der Waals surface area contributed by atoms with Crippen LogP contribution in [0.1, 0.15) is 36.8 Å². The van der Waals surface area contributed by atoms with Crippen molar-refractivity contribution in [2.45, 2.75) is 39.5 Å². The average Bonchev–Trinajstić information content (AvgIpc) is 2.16. The number of hydrogen-bond donors (Lipinski definition) is 0. The van der Waals surface area contributed by atoms with E-state index in [1.807, 2.05) is 13.1 Å². The maximum Gasteiger partial charge on any atom is 0.125 e. The van der Waals surface area contributed by atoms with Crippen molar-refractivity contribution in [3.8, 4) is 0 Å². The fourth-order valence-electron chi connectivity index (χ4n) is 2.01. The van der Waals surface area contributed by atoms with Gasteiger partial charge < -0.3 is 0 Å². The second-order valence-corrected chi connectivity index (χ2v) is 3.91. The minimum absolute atomic E-state index is 0.849. The largest absolute Gasteiger partial charge is 0.241 e. The summed E-state index contributed by atoms with van der Waals surface area (Å²) in [6, 6.07) is 0. The molecule has 0 aromatic carbocycles. The van der Waals surface area contributed by atoms with Crippen LogP contribution in [0.3, 0.4) is 0 Å². The van der Waals surface area contributed by atoms with E-state index >= 15 is 0 Å². The van der Waals surface area contributed by atoms with Gasteiger partial charge in [0.2, 0.25) is 0 Å². The predicted molar refractivity (Wildman–Crippen MR) is 52.6 cm³/mol. The van der Waals surface area contributed by atoms with E-state index in [1.165, 1.54) is 30.5 Å². The van der Waals surface area contributed by atoms with Crippen LogP contribution in [0.4, 0.5) is 0 Å². The predicted octanol–water partition coefficient (Wildman–Crippen LogP) is 2.30. The second-order valence-electron chi connectivity index (χ2n) is 3.91. The molecule has 0 spiro atoms. The fourth-order valence-corrected chi connectivity index (χ4v) is 2.01. The molecule has 0 N–H and O–H groups in total. The molecular weight excluding hydrogens is 160 g/mol. The summed E-state index contributed by atoms with van der Waals surface area (Å²) in [5.41, 5.74) is 2.67. The summed E-state index contributed by atoms with van der Waals surface area (Å²) >= 11 is 0. The molecule has 1 aromatic rings. The van der Waals surface area contributed by atoms with Gasteiger partial charge in [0.1, 0.15) is 5.82 Å². The van der Waals surface area contributed by atoms with Crippen LogP contribution < -0.4 is 0 Å². The lowest BCUT2D eigenvalue weighted by atomic mass is 9.86. The molecule has 1 heterocycles. The smallest absolute Gasteiger partial charge is 0.125 e. The van der Waals surface area contributed by atoms with Gasteiger partial charge in [0, 0.05) is 11.9 Å². The quantitative estimate of drug-likeness (QED) is 0.656. The third-order valence-corrected chi connectivity index (χ3v) is 2.96. The zero-order valence-electron chi connectivity index (χ0n) is 8.38. The molecular formula is C11H16N2. The van der Waals surface area contributed by atoms with Crippen LogP contribution in [0, 0.1) is 12.8 Å². The van der Waals surface area contributed by atoms with Crippen LogP contribution in [0.25, 0.3) is 0 Å². The van der Waals surface area contributed by atoms with E-state index in [0.29, 0.717) is 0 Å². The number of nitrogens with zero attached hydrogens (tertiary/aromatic N) is 2. The van der Waals surface area contributed by atoms with E-state index in [4.69, 9.17) is 0 Å². The van der Waals surface area contributed by atoms with Gasteiger partial charge in [0.05, 0.1) is 0 Å². The van der Waals surface area contributed by atoms with Gasteiger partial charge in [-0.3, -0.25) is 0 Å². The van der Waals surface area contributed by atoms with Crippen LogP contribution in [-0.4, -0.2) is 9.97 Å². The van der Waals surface area contributed by atoms with Crippen LogP contribution in [0.5, 0.6) is 0 Å². The van der Waals surface area contributed by atoms with E-state index in [0.717, 1.165) is 18.2 Å². The number of hydrogen-bond acceptors (Lipinski definition) is 2. The van der Waals surface area contributed by atoms with E-state index in [1.54, 1.807) is 0 Å². The maximum atomic E-state index is 4.50. The zero-order valence-corrected chi connectivity index (χ0v) is 8.38. The molecule has 1 aliphatic carbocycles. The summed E-state index contributed by atoms with van der Waals surface area (Å²) < 4.78 is 0. The third kappa shape index (κ3) is 1.71. The highest BCUT2D eigenvalue weighted by Crippen LogP contribution is 2.25. The van der Waals surface area contributed by atoms with Gasteiger partial charge in [-0.25, -0.2) is 9.97 Å². The molecule has 2 heteroatoms.